The van der Waals surface area contributed by atoms with Crippen molar-refractivity contribution in [2.75, 3.05) is 13.1 Å². The normalized spacial score (nSPS) is 17.6. The number of amides is 1. The molecule has 0 radical (unpaired) electrons. The molecule has 1 aromatic rings. The van der Waals surface area contributed by atoms with Crippen LogP contribution < -0.4 is 0 Å². The standard InChI is InChI=1S/C14H15FN2O2/c15-14(11-16)6-8-17(9-7-14)13(18)19-10-12-4-2-1-3-5-12/h1-5H,6-10H2. The van der Waals surface area contributed by atoms with Gasteiger partial charge >= 0.3 is 6.09 Å². The van der Waals surface area contributed by atoms with Crippen LogP contribution in [0.15, 0.2) is 30.3 Å². The average molecular weight is 262 g/mol. The summed E-state index contributed by atoms with van der Waals surface area (Å²) in [7, 11) is 0. The third kappa shape index (κ3) is 3.44. The number of benzene rings is 1. The van der Waals surface area contributed by atoms with Crippen molar-refractivity contribution in [1.29, 1.82) is 5.26 Å². The molecule has 1 heterocycles. The van der Waals surface area contributed by atoms with Crippen molar-refractivity contribution < 1.29 is 13.9 Å². The SMILES string of the molecule is N#CC1(F)CCN(C(=O)OCc2ccccc2)CC1. The molecule has 4 nitrogen and oxygen atoms in total. The van der Waals surface area contributed by atoms with E-state index in [1.165, 1.54) is 4.90 Å². The number of rotatable bonds is 2. The number of piperidine rings is 1. The number of hydrogen-bond acceptors (Lipinski definition) is 3. The molecule has 19 heavy (non-hydrogen) atoms. The Morgan fingerprint density at radius 2 is 2.00 bits per heavy atom. The Labute approximate surface area is 111 Å². The highest BCUT2D eigenvalue weighted by atomic mass is 19.1. The van der Waals surface area contributed by atoms with Crippen LogP contribution in [0.3, 0.4) is 0 Å². The van der Waals surface area contributed by atoms with E-state index in [2.05, 4.69) is 0 Å². The second kappa shape index (κ2) is 5.70. The summed E-state index contributed by atoms with van der Waals surface area (Å²) in [6.45, 7) is 0.643. The number of carbonyl (C=O) groups is 1. The Morgan fingerprint density at radius 3 is 2.58 bits per heavy atom. The van der Waals surface area contributed by atoms with Gasteiger partial charge in [0.2, 0.25) is 0 Å². The Morgan fingerprint density at radius 1 is 1.37 bits per heavy atom. The molecule has 0 aliphatic carbocycles. The molecule has 1 amide bonds. The van der Waals surface area contributed by atoms with Crippen molar-refractivity contribution in [2.45, 2.75) is 25.1 Å². The fourth-order valence-electron chi connectivity index (χ4n) is 1.97. The molecule has 1 aliphatic heterocycles. The zero-order valence-corrected chi connectivity index (χ0v) is 10.5. The number of hydrogen-bond donors (Lipinski definition) is 0. The minimum atomic E-state index is -1.80. The Kier molecular flexibility index (Phi) is 4.00. The van der Waals surface area contributed by atoms with Crippen LogP contribution in [-0.2, 0) is 11.3 Å². The summed E-state index contributed by atoms with van der Waals surface area (Å²) in [5, 5.41) is 8.67. The van der Waals surface area contributed by atoms with Crippen molar-refractivity contribution >= 4 is 6.09 Å². The Balaban J connectivity index is 1.81. The number of ether oxygens (including phenoxy) is 1. The number of alkyl halides is 1. The lowest BCUT2D eigenvalue weighted by atomic mass is 9.95. The Hall–Kier alpha value is -2.09. The molecule has 1 saturated heterocycles. The molecule has 0 unspecified atom stereocenters. The molecular formula is C14H15FN2O2. The summed E-state index contributed by atoms with van der Waals surface area (Å²) >= 11 is 0. The lowest BCUT2D eigenvalue weighted by Crippen LogP contribution is -2.44. The maximum absolute atomic E-state index is 13.6. The van der Waals surface area contributed by atoms with Crippen LogP contribution in [0.5, 0.6) is 0 Å². The molecular weight excluding hydrogens is 247 g/mol. The largest absolute Gasteiger partial charge is 0.445 e. The lowest BCUT2D eigenvalue weighted by Gasteiger charge is -2.31. The van der Waals surface area contributed by atoms with E-state index in [-0.39, 0.29) is 32.5 Å². The Bertz CT molecular complexity index is 476. The minimum Gasteiger partial charge on any atom is -0.445 e. The second-order valence-electron chi connectivity index (χ2n) is 4.60. The van der Waals surface area contributed by atoms with E-state index in [0.29, 0.717) is 0 Å². The van der Waals surface area contributed by atoms with Crippen LogP contribution in [0.2, 0.25) is 0 Å². The van der Waals surface area contributed by atoms with Crippen LogP contribution in [0, 0.1) is 11.3 Å². The second-order valence-corrected chi connectivity index (χ2v) is 4.60. The zero-order valence-electron chi connectivity index (χ0n) is 10.5. The van der Waals surface area contributed by atoms with Crippen molar-refractivity contribution in [2.24, 2.45) is 0 Å². The van der Waals surface area contributed by atoms with E-state index in [1.807, 2.05) is 30.3 Å². The summed E-state index contributed by atoms with van der Waals surface area (Å²) in [6, 6.07) is 11.0. The van der Waals surface area contributed by atoms with Crippen molar-refractivity contribution in [3.8, 4) is 6.07 Å². The average Bonchev–Trinajstić information content (AvgIpc) is 2.47. The lowest BCUT2D eigenvalue weighted by molar-refractivity contribution is 0.0628. The molecule has 0 spiro atoms. The van der Waals surface area contributed by atoms with E-state index in [1.54, 1.807) is 6.07 Å². The third-order valence-electron chi connectivity index (χ3n) is 3.22. The molecule has 0 aromatic heterocycles. The number of likely N-dealkylation sites (tertiary alicyclic amines) is 1. The van der Waals surface area contributed by atoms with Gasteiger partial charge in [-0.3, -0.25) is 0 Å². The van der Waals surface area contributed by atoms with E-state index >= 15 is 0 Å². The first-order valence-electron chi connectivity index (χ1n) is 6.19. The summed E-state index contributed by atoms with van der Waals surface area (Å²) < 4.78 is 18.8. The predicted molar refractivity (Wildman–Crippen MR) is 66.9 cm³/mol. The summed E-state index contributed by atoms with van der Waals surface area (Å²) in [5.74, 6) is 0. The maximum Gasteiger partial charge on any atom is 0.410 e. The van der Waals surface area contributed by atoms with Gasteiger partial charge in [-0.1, -0.05) is 30.3 Å². The number of nitrogens with zero attached hydrogens (tertiary/aromatic N) is 2. The van der Waals surface area contributed by atoms with Gasteiger partial charge in [-0.15, -0.1) is 0 Å². The number of nitriles is 1. The maximum atomic E-state index is 13.6. The molecule has 5 heteroatoms. The third-order valence-corrected chi connectivity index (χ3v) is 3.22. The quantitative estimate of drug-likeness (QED) is 0.823. The van der Waals surface area contributed by atoms with Gasteiger partial charge in [-0.05, 0) is 5.56 Å². The van der Waals surface area contributed by atoms with Crippen molar-refractivity contribution in [3.05, 3.63) is 35.9 Å². The summed E-state index contributed by atoms with van der Waals surface area (Å²) in [5.41, 5.74) is -0.888. The molecule has 0 N–H and O–H groups in total. The van der Waals surface area contributed by atoms with Crippen LogP contribution in [0.4, 0.5) is 9.18 Å². The molecule has 1 aromatic carbocycles. The van der Waals surface area contributed by atoms with Gasteiger partial charge in [-0.25, -0.2) is 9.18 Å². The van der Waals surface area contributed by atoms with E-state index < -0.39 is 11.8 Å². The minimum absolute atomic E-state index is 0.0456. The monoisotopic (exact) mass is 262 g/mol. The highest BCUT2D eigenvalue weighted by Gasteiger charge is 2.36. The molecule has 1 aliphatic rings. The van der Waals surface area contributed by atoms with Crippen LogP contribution in [0.25, 0.3) is 0 Å². The van der Waals surface area contributed by atoms with Crippen LogP contribution >= 0.6 is 0 Å². The smallest absolute Gasteiger partial charge is 0.410 e. The van der Waals surface area contributed by atoms with Crippen molar-refractivity contribution in [1.82, 2.24) is 4.90 Å². The van der Waals surface area contributed by atoms with Gasteiger partial charge in [-0.2, -0.15) is 5.26 Å². The predicted octanol–water partition coefficient (Wildman–Crippen LogP) is 2.65. The van der Waals surface area contributed by atoms with E-state index in [0.717, 1.165) is 5.56 Å². The molecule has 100 valence electrons. The first-order chi connectivity index (χ1) is 9.13. The van der Waals surface area contributed by atoms with Gasteiger partial charge in [0.1, 0.15) is 12.7 Å². The fourth-order valence-corrected chi connectivity index (χ4v) is 1.97. The molecule has 0 saturated carbocycles. The van der Waals surface area contributed by atoms with Gasteiger partial charge < -0.3 is 9.64 Å². The first-order valence-corrected chi connectivity index (χ1v) is 6.19. The van der Waals surface area contributed by atoms with Crippen molar-refractivity contribution in [3.63, 3.8) is 0 Å². The molecule has 0 bridgehead atoms. The molecule has 0 atom stereocenters. The summed E-state index contributed by atoms with van der Waals surface area (Å²) in [4.78, 5) is 13.2. The van der Waals surface area contributed by atoms with E-state index in [4.69, 9.17) is 10.00 Å². The van der Waals surface area contributed by atoms with Gasteiger partial charge in [0.05, 0.1) is 0 Å². The molecule has 2 rings (SSSR count). The first kappa shape index (κ1) is 13.3. The zero-order chi connectivity index (χ0) is 13.7. The molecule has 1 fully saturated rings. The van der Waals surface area contributed by atoms with Crippen LogP contribution in [0.1, 0.15) is 18.4 Å². The summed E-state index contributed by atoms with van der Waals surface area (Å²) in [6.07, 6.45) is -0.364. The number of halogens is 1. The topological polar surface area (TPSA) is 53.3 Å². The number of carbonyl (C=O) groups excluding carboxylic acids is 1. The van der Waals surface area contributed by atoms with Gasteiger partial charge in [0.25, 0.3) is 0 Å². The van der Waals surface area contributed by atoms with Gasteiger partial charge in [0, 0.05) is 25.9 Å². The highest BCUT2D eigenvalue weighted by molar-refractivity contribution is 5.67. The van der Waals surface area contributed by atoms with Gasteiger partial charge in [0.15, 0.2) is 5.67 Å². The highest BCUT2D eigenvalue weighted by Crippen LogP contribution is 2.25. The van der Waals surface area contributed by atoms with E-state index in [9.17, 15) is 9.18 Å². The van der Waals surface area contributed by atoms with Crippen LogP contribution in [-0.4, -0.2) is 29.8 Å². The fraction of sp³-hybridized carbons (Fsp3) is 0.429.